The molecule has 0 saturated carbocycles. The van der Waals surface area contributed by atoms with Crippen LogP contribution in [0.1, 0.15) is 104 Å². The van der Waals surface area contributed by atoms with Crippen LogP contribution in [0.15, 0.2) is 0 Å². The first-order valence-corrected chi connectivity index (χ1v) is 8.35. The Morgan fingerprint density at radius 2 is 0.889 bits per heavy atom. The van der Waals surface area contributed by atoms with Crippen LogP contribution >= 0.6 is 0 Å². The fourth-order valence-electron chi connectivity index (χ4n) is 2.42. The normalized spacial score (nSPS) is 11.3. The Morgan fingerprint density at radius 3 is 1.22 bits per heavy atom. The Hall–Kier alpha value is 0. The lowest BCUT2D eigenvalue weighted by molar-refractivity contribution is 0.538. The van der Waals surface area contributed by atoms with Crippen molar-refractivity contribution < 1.29 is 0 Å². The van der Waals surface area contributed by atoms with Crippen molar-refractivity contribution in [3.63, 3.8) is 0 Å². The van der Waals surface area contributed by atoms with Crippen molar-refractivity contribution in [1.82, 2.24) is 0 Å². The zero-order chi connectivity index (χ0) is 13.5. The molecule has 0 aromatic carbocycles. The van der Waals surface area contributed by atoms with Gasteiger partial charge in [0.15, 0.2) is 0 Å². The van der Waals surface area contributed by atoms with E-state index in [4.69, 9.17) is 0 Å². The minimum atomic E-state index is 1.12. The van der Waals surface area contributed by atoms with Crippen LogP contribution in [-0.4, -0.2) is 0 Å². The van der Waals surface area contributed by atoms with Crippen LogP contribution in [0.25, 0.3) is 0 Å². The molecule has 0 N–H and O–H groups in total. The second-order valence-electron chi connectivity index (χ2n) is 6.05. The van der Waals surface area contributed by atoms with Crippen molar-refractivity contribution in [3.8, 4) is 0 Å². The molecule has 108 valence electrons. The fraction of sp³-hybridized carbons (Fsp3) is 0.889. The lowest BCUT2D eigenvalue weighted by atomic mass is 10.0. The van der Waals surface area contributed by atoms with Crippen LogP contribution in [-0.2, 0) is 0 Å². The summed E-state index contributed by atoms with van der Waals surface area (Å²) in [5.74, 6) is 1.59. The second kappa shape index (κ2) is 15.1. The van der Waals surface area contributed by atoms with Crippen LogP contribution in [0.4, 0.5) is 0 Å². The van der Waals surface area contributed by atoms with Gasteiger partial charge in [0.1, 0.15) is 0 Å². The number of hydrogen-bond donors (Lipinski definition) is 0. The third kappa shape index (κ3) is 16.0. The summed E-state index contributed by atoms with van der Waals surface area (Å²) in [4.78, 5) is 0. The highest BCUT2D eigenvalue weighted by Crippen LogP contribution is 2.14. The van der Waals surface area contributed by atoms with Gasteiger partial charge in [0.2, 0.25) is 0 Å². The third-order valence-corrected chi connectivity index (χ3v) is 3.68. The summed E-state index contributed by atoms with van der Waals surface area (Å²) < 4.78 is 0. The van der Waals surface area contributed by atoms with Gasteiger partial charge in [-0.1, -0.05) is 104 Å². The first-order valence-electron chi connectivity index (χ1n) is 8.35. The van der Waals surface area contributed by atoms with Gasteiger partial charge in [0.25, 0.3) is 0 Å². The highest BCUT2D eigenvalue weighted by molar-refractivity contribution is 4.75. The molecule has 0 aliphatic carbocycles. The third-order valence-electron chi connectivity index (χ3n) is 3.68. The summed E-state index contributed by atoms with van der Waals surface area (Å²) in [6.45, 7) is 8.38. The minimum absolute atomic E-state index is 1.12. The minimum Gasteiger partial charge on any atom is -0.0594 e. The largest absolute Gasteiger partial charge is 0.0594 e. The molecular weight excluding hydrogens is 216 g/mol. The molecule has 0 heteroatoms. The maximum absolute atomic E-state index is 3.88. The standard InChI is InChI=1S/C18H36/c1-4-5-6-7-8-9-10-11-12-13-14-15-16-17-18(2)3/h1,4-17H2,2-3H3. The molecule has 0 bridgehead atoms. The molecule has 0 atom stereocenters. The second-order valence-corrected chi connectivity index (χ2v) is 6.05. The summed E-state index contributed by atoms with van der Waals surface area (Å²) in [6, 6.07) is 0. The first-order chi connectivity index (χ1) is 8.77. The van der Waals surface area contributed by atoms with E-state index in [0.29, 0.717) is 0 Å². The van der Waals surface area contributed by atoms with Crippen molar-refractivity contribution in [3.05, 3.63) is 12.8 Å². The number of hydrogen-bond acceptors (Lipinski definition) is 0. The van der Waals surface area contributed by atoms with E-state index in [-0.39, 0.29) is 0 Å². The van der Waals surface area contributed by atoms with Crippen LogP contribution in [0.5, 0.6) is 0 Å². The Kier molecular flexibility index (Phi) is 15.1. The topological polar surface area (TPSA) is 0 Å². The molecule has 0 amide bonds. The lowest BCUT2D eigenvalue weighted by Crippen LogP contribution is -1.85. The molecular formula is C18H36. The summed E-state index contributed by atoms with van der Waals surface area (Å²) in [7, 11) is 0. The van der Waals surface area contributed by atoms with Crippen LogP contribution in [0.2, 0.25) is 0 Å². The molecule has 0 spiro atoms. The maximum atomic E-state index is 3.88. The van der Waals surface area contributed by atoms with Crippen molar-refractivity contribution in [2.75, 3.05) is 0 Å². The monoisotopic (exact) mass is 252 g/mol. The van der Waals surface area contributed by atoms with Gasteiger partial charge >= 0.3 is 0 Å². The molecule has 0 saturated heterocycles. The molecule has 0 aromatic heterocycles. The Labute approximate surface area is 117 Å². The zero-order valence-corrected chi connectivity index (χ0v) is 13.1. The van der Waals surface area contributed by atoms with Gasteiger partial charge in [-0.25, -0.2) is 0 Å². The van der Waals surface area contributed by atoms with E-state index in [0.717, 1.165) is 6.42 Å². The smallest absolute Gasteiger partial charge is 0.0303 e. The van der Waals surface area contributed by atoms with E-state index in [9.17, 15) is 0 Å². The predicted octanol–water partition coefficient (Wildman–Crippen LogP) is 6.90. The van der Waals surface area contributed by atoms with Gasteiger partial charge in [-0.05, 0) is 12.3 Å². The SMILES string of the molecule is [CH2]CCCCCCCCCCCCCC[C](C)C. The van der Waals surface area contributed by atoms with Gasteiger partial charge in [-0.15, -0.1) is 0 Å². The van der Waals surface area contributed by atoms with E-state index < -0.39 is 0 Å². The fourth-order valence-corrected chi connectivity index (χ4v) is 2.42. The van der Waals surface area contributed by atoms with Crippen LogP contribution < -0.4 is 0 Å². The molecule has 0 fully saturated rings. The van der Waals surface area contributed by atoms with E-state index >= 15 is 0 Å². The molecule has 0 unspecified atom stereocenters. The van der Waals surface area contributed by atoms with E-state index in [2.05, 4.69) is 20.8 Å². The van der Waals surface area contributed by atoms with Gasteiger partial charge in [0, 0.05) is 0 Å². The summed E-state index contributed by atoms with van der Waals surface area (Å²) in [6.07, 6.45) is 19.7. The summed E-state index contributed by atoms with van der Waals surface area (Å²) >= 11 is 0. The zero-order valence-electron chi connectivity index (χ0n) is 13.1. The van der Waals surface area contributed by atoms with Gasteiger partial charge < -0.3 is 0 Å². The Bertz CT molecular complexity index is 137. The number of rotatable bonds is 14. The molecule has 0 aliphatic heterocycles. The Balaban J connectivity index is 2.90. The summed E-state index contributed by atoms with van der Waals surface area (Å²) in [5, 5.41) is 0. The average Bonchev–Trinajstić information content (AvgIpc) is 2.34. The van der Waals surface area contributed by atoms with Gasteiger partial charge in [-0.3, -0.25) is 0 Å². The van der Waals surface area contributed by atoms with Gasteiger partial charge in [0.05, 0.1) is 0 Å². The van der Waals surface area contributed by atoms with Crippen molar-refractivity contribution in [1.29, 1.82) is 0 Å². The maximum Gasteiger partial charge on any atom is -0.0303 e. The summed E-state index contributed by atoms with van der Waals surface area (Å²) in [5.41, 5.74) is 0. The van der Waals surface area contributed by atoms with E-state index in [1.165, 1.54) is 83.5 Å². The van der Waals surface area contributed by atoms with E-state index in [1.807, 2.05) is 0 Å². The van der Waals surface area contributed by atoms with Crippen molar-refractivity contribution >= 4 is 0 Å². The van der Waals surface area contributed by atoms with Crippen LogP contribution in [0.3, 0.4) is 0 Å². The average molecular weight is 252 g/mol. The molecule has 0 aliphatic rings. The quantitative estimate of drug-likeness (QED) is 0.295. The highest BCUT2D eigenvalue weighted by atomic mass is 14.0. The van der Waals surface area contributed by atoms with Crippen LogP contribution in [0, 0.1) is 12.8 Å². The molecule has 0 aromatic rings. The molecule has 18 heavy (non-hydrogen) atoms. The van der Waals surface area contributed by atoms with Crippen molar-refractivity contribution in [2.45, 2.75) is 104 Å². The first kappa shape index (κ1) is 18.0. The Morgan fingerprint density at radius 1 is 0.556 bits per heavy atom. The van der Waals surface area contributed by atoms with E-state index in [1.54, 1.807) is 5.92 Å². The van der Waals surface area contributed by atoms with Gasteiger partial charge in [-0.2, -0.15) is 0 Å². The predicted molar refractivity (Wildman–Crippen MR) is 84.6 cm³/mol. The lowest BCUT2D eigenvalue weighted by Gasteiger charge is -2.04. The molecule has 0 heterocycles. The molecule has 2 radical (unpaired) electrons. The molecule has 0 nitrogen and oxygen atoms in total. The molecule has 0 rings (SSSR count). The highest BCUT2D eigenvalue weighted by Gasteiger charge is 1.95. The number of unbranched alkanes of at least 4 members (excludes halogenated alkanes) is 12. The van der Waals surface area contributed by atoms with Crippen molar-refractivity contribution in [2.24, 2.45) is 0 Å².